The topological polar surface area (TPSA) is 30.9 Å². The van der Waals surface area contributed by atoms with Crippen LogP contribution in [0.25, 0.3) is 0 Å². The van der Waals surface area contributed by atoms with Gasteiger partial charge in [0, 0.05) is 17.9 Å². The Kier molecular flexibility index (Phi) is 8.86. The van der Waals surface area contributed by atoms with E-state index in [2.05, 4.69) is 77.1 Å². The van der Waals surface area contributed by atoms with Crippen molar-refractivity contribution in [3.63, 3.8) is 0 Å². The van der Waals surface area contributed by atoms with Crippen molar-refractivity contribution in [3.05, 3.63) is 61.2 Å². The largest absolute Gasteiger partial charge is 0.345 e. The lowest BCUT2D eigenvalue weighted by atomic mass is 9.67. The molecule has 4 nitrogen and oxygen atoms in total. The summed E-state index contributed by atoms with van der Waals surface area (Å²) < 4.78 is 12.8. The van der Waals surface area contributed by atoms with E-state index in [4.69, 9.17) is 14.3 Å². The molecule has 1 heterocycles. The number of hydrogen-bond donors (Lipinski definition) is 0. The van der Waals surface area contributed by atoms with E-state index in [1.165, 1.54) is 5.56 Å². The number of ether oxygens (including phenoxy) is 2. The third-order valence-electron chi connectivity index (χ3n) is 7.00. The molecule has 0 aliphatic carbocycles. The first kappa shape index (κ1) is 24.8. The lowest BCUT2D eigenvalue weighted by molar-refractivity contribution is -0.383. The molecule has 0 saturated carbocycles. The average Bonchev–Trinajstić information content (AvgIpc) is 2.77. The molecule has 168 valence electrons. The zero-order valence-electron chi connectivity index (χ0n) is 19.7. The standard InChI is InChI=1S/C26H41NO3/c1-8-18-28-26(29-19-9-2)21-24(6,10-3)27(25(7,11-4)22(26)5)30-20-17-23-15-13-12-14-16-23/h8-9,12-16,22H,1-2,10-11,17-21H2,3-7H3. The fraction of sp³-hybridized carbons (Fsp3) is 0.615. The van der Waals surface area contributed by atoms with Crippen molar-refractivity contribution >= 4 is 0 Å². The minimum atomic E-state index is -0.711. The SMILES string of the molecule is C=CCOC1(OCC=C)CC(C)(CC)N(OCCc2ccccc2)C(C)(CC)C1C. The van der Waals surface area contributed by atoms with Gasteiger partial charge in [-0.3, -0.25) is 4.84 Å². The van der Waals surface area contributed by atoms with Crippen LogP contribution in [0.15, 0.2) is 55.6 Å². The normalized spacial score (nSPS) is 28.9. The van der Waals surface area contributed by atoms with E-state index in [-0.39, 0.29) is 17.0 Å². The molecule has 1 aliphatic rings. The first-order valence-corrected chi connectivity index (χ1v) is 11.3. The Hall–Kier alpha value is -1.46. The van der Waals surface area contributed by atoms with Crippen molar-refractivity contribution in [2.45, 2.75) is 77.2 Å². The Morgan fingerprint density at radius 2 is 1.63 bits per heavy atom. The smallest absolute Gasteiger partial charge is 0.175 e. The minimum Gasteiger partial charge on any atom is -0.345 e. The van der Waals surface area contributed by atoms with Crippen molar-refractivity contribution in [1.82, 2.24) is 5.06 Å². The second kappa shape index (κ2) is 10.7. The fourth-order valence-corrected chi connectivity index (χ4v) is 4.74. The number of rotatable bonds is 12. The zero-order valence-corrected chi connectivity index (χ0v) is 19.7. The maximum atomic E-state index is 6.55. The summed E-state index contributed by atoms with van der Waals surface area (Å²) in [5.74, 6) is -0.622. The molecular weight excluding hydrogens is 374 g/mol. The molecule has 2 rings (SSSR count). The molecular formula is C26H41NO3. The summed E-state index contributed by atoms with van der Waals surface area (Å²) in [7, 11) is 0. The molecule has 0 radical (unpaired) electrons. The van der Waals surface area contributed by atoms with E-state index in [1.807, 2.05) is 6.07 Å². The van der Waals surface area contributed by atoms with Gasteiger partial charge >= 0.3 is 0 Å². The van der Waals surface area contributed by atoms with Crippen LogP contribution in [-0.4, -0.2) is 41.7 Å². The van der Waals surface area contributed by atoms with E-state index in [9.17, 15) is 0 Å². The van der Waals surface area contributed by atoms with Gasteiger partial charge in [-0.2, -0.15) is 5.06 Å². The highest BCUT2D eigenvalue weighted by atomic mass is 16.7. The number of hydrogen-bond acceptors (Lipinski definition) is 4. The van der Waals surface area contributed by atoms with E-state index in [0.29, 0.717) is 19.8 Å². The van der Waals surface area contributed by atoms with Crippen molar-refractivity contribution in [2.24, 2.45) is 5.92 Å². The van der Waals surface area contributed by atoms with Crippen LogP contribution in [0.3, 0.4) is 0 Å². The highest BCUT2D eigenvalue weighted by Gasteiger charge is 2.61. The third-order valence-corrected chi connectivity index (χ3v) is 7.00. The molecule has 3 atom stereocenters. The van der Waals surface area contributed by atoms with Crippen LogP contribution in [-0.2, 0) is 20.7 Å². The zero-order chi connectivity index (χ0) is 22.3. The summed E-state index contributed by atoms with van der Waals surface area (Å²) in [6, 6.07) is 10.5. The summed E-state index contributed by atoms with van der Waals surface area (Å²) in [4.78, 5) is 6.55. The van der Waals surface area contributed by atoms with Crippen LogP contribution in [0.5, 0.6) is 0 Å². The molecule has 0 bridgehead atoms. The maximum absolute atomic E-state index is 6.55. The molecule has 4 heteroatoms. The molecule has 0 spiro atoms. The van der Waals surface area contributed by atoms with E-state index in [1.54, 1.807) is 12.2 Å². The summed E-state index contributed by atoms with van der Waals surface area (Å²) in [5.41, 5.74) is 0.815. The number of hydroxylamine groups is 2. The molecule has 1 aromatic rings. The summed E-state index contributed by atoms with van der Waals surface area (Å²) in [6.07, 6.45) is 7.04. The van der Waals surface area contributed by atoms with Crippen LogP contribution in [0.2, 0.25) is 0 Å². The van der Waals surface area contributed by atoms with Gasteiger partial charge in [0.15, 0.2) is 5.79 Å². The van der Waals surface area contributed by atoms with Crippen LogP contribution >= 0.6 is 0 Å². The molecule has 1 aliphatic heterocycles. The predicted octanol–water partition coefficient (Wildman–Crippen LogP) is 5.94. The summed E-state index contributed by atoms with van der Waals surface area (Å²) >= 11 is 0. The summed E-state index contributed by atoms with van der Waals surface area (Å²) in [5, 5.41) is 2.26. The first-order chi connectivity index (χ1) is 14.3. The van der Waals surface area contributed by atoms with Gasteiger partial charge in [0.2, 0.25) is 0 Å². The lowest BCUT2D eigenvalue weighted by Gasteiger charge is -2.62. The average molecular weight is 416 g/mol. The Morgan fingerprint density at radius 3 is 2.13 bits per heavy atom. The van der Waals surface area contributed by atoms with Crippen LogP contribution in [0, 0.1) is 5.92 Å². The second-order valence-corrected chi connectivity index (χ2v) is 8.83. The van der Waals surface area contributed by atoms with Gasteiger partial charge in [0.05, 0.1) is 25.4 Å². The number of nitrogens with zero attached hydrogens (tertiary/aromatic N) is 1. The molecule has 1 fully saturated rings. The highest BCUT2D eigenvalue weighted by molar-refractivity contribution is 5.14. The maximum Gasteiger partial charge on any atom is 0.175 e. The molecule has 30 heavy (non-hydrogen) atoms. The van der Waals surface area contributed by atoms with Crippen molar-refractivity contribution in [2.75, 3.05) is 19.8 Å². The van der Waals surface area contributed by atoms with Crippen molar-refractivity contribution in [3.8, 4) is 0 Å². The lowest BCUT2D eigenvalue weighted by Crippen LogP contribution is -2.72. The Bertz CT molecular complexity index is 664. The minimum absolute atomic E-state index is 0.0891. The van der Waals surface area contributed by atoms with Crippen molar-refractivity contribution < 1.29 is 14.3 Å². The van der Waals surface area contributed by atoms with Crippen LogP contribution in [0.1, 0.15) is 59.4 Å². The molecule has 1 aromatic carbocycles. The number of benzene rings is 1. The first-order valence-electron chi connectivity index (χ1n) is 11.3. The van der Waals surface area contributed by atoms with E-state index < -0.39 is 5.79 Å². The fourth-order valence-electron chi connectivity index (χ4n) is 4.74. The van der Waals surface area contributed by atoms with Gasteiger partial charge in [-0.05, 0) is 38.7 Å². The molecule has 1 saturated heterocycles. The third kappa shape index (κ3) is 5.05. The monoisotopic (exact) mass is 415 g/mol. The van der Waals surface area contributed by atoms with Gasteiger partial charge in [-0.25, -0.2) is 0 Å². The Morgan fingerprint density at radius 1 is 1.03 bits per heavy atom. The second-order valence-electron chi connectivity index (χ2n) is 8.83. The van der Waals surface area contributed by atoms with Gasteiger partial charge in [0.25, 0.3) is 0 Å². The van der Waals surface area contributed by atoms with Gasteiger partial charge in [-0.1, -0.05) is 63.3 Å². The van der Waals surface area contributed by atoms with Crippen LogP contribution < -0.4 is 0 Å². The quantitative estimate of drug-likeness (QED) is 0.312. The molecule has 0 aromatic heterocycles. The summed E-state index contributed by atoms with van der Waals surface area (Å²) in [6.45, 7) is 20.4. The molecule has 0 N–H and O–H groups in total. The number of piperidine rings is 1. The van der Waals surface area contributed by atoms with Gasteiger partial charge < -0.3 is 9.47 Å². The Labute approximate surface area is 183 Å². The highest BCUT2D eigenvalue weighted by Crippen LogP contribution is 2.52. The predicted molar refractivity (Wildman–Crippen MR) is 124 cm³/mol. The van der Waals surface area contributed by atoms with Crippen LogP contribution in [0.4, 0.5) is 0 Å². The van der Waals surface area contributed by atoms with E-state index >= 15 is 0 Å². The molecule has 3 unspecified atom stereocenters. The van der Waals surface area contributed by atoms with Gasteiger partial charge in [-0.15, -0.1) is 13.2 Å². The molecule has 0 amide bonds. The van der Waals surface area contributed by atoms with Gasteiger partial charge in [0.1, 0.15) is 0 Å². The Balaban J connectivity index is 2.33. The van der Waals surface area contributed by atoms with E-state index in [0.717, 1.165) is 25.7 Å². The van der Waals surface area contributed by atoms with Crippen molar-refractivity contribution in [1.29, 1.82) is 0 Å².